The van der Waals surface area contributed by atoms with Crippen molar-refractivity contribution in [2.75, 3.05) is 7.11 Å². The molecule has 5 nitrogen and oxygen atoms in total. The normalized spacial score (nSPS) is 14.7. The largest absolute Gasteiger partial charge is 0.508 e. The highest BCUT2D eigenvalue weighted by molar-refractivity contribution is 6.14. The van der Waals surface area contributed by atoms with E-state index in [-0.39, 0.29) is 17.3 Å². The summed E-state index contributed by atoms with van der Waals surface area (Å²) in [5.41, 5.74) is 1.85. The number of ether oxygens (including phenoxy) is 2. The van der Waals surface area contributed by atoms with Crippen LogP contribution in [0.15, 0.2) is 54.3 Å². The number of ketones is 1. The quantitative estimate of drug-likeness (QED) is 0.731. The van der Waals surface area contributed by atoms with Gasteiger partial charge >= 0.3 is 0 Å². The SMILES string of the molecule is COc1ccc2nc(C=C3Oc4cc(O)ccc4C3=O)ccc2c1. The first-order valence-electron chi connectivity index (χ1n) is 7.36. The number of aromatic nitrogens is 1. The molecule has 0 unspecified atom stereocenters. The highest BCUT2D eigenvalue weighted by Gasteiger charge is 2.27. The third-order valence-electron chi connectivity index (χ3n) is 3.85. The number of nitrogens with zero attached hydrogens (tertiary/aromatic N) is 1. The van der Waals surface area contributed by atoms with Crippen LogP contribution in [0.25, 0.3) is 17.0 Å². The van der Waals surface area contributed by atoms with Gasteiger partial charge in [-0.3, -0.25) is 4.79 Å². The molecule has 0 spiro atoms. The van der Waals surface area contributed by atoms with E-state index >= 15 is 0 Å². The Labute approximate surface area is 137 Å². The van der Waals surface area contributed by atoms with Crippen LogP contribution in [-0.4, -0.2) is 23.0 Å². The maximum absolute atomic E-state index is 12.3. The summed E-state index contributed by atoms with van der Waals surface area (Å²) in [7, 11) is 1.62. The molecule has 5 heteroatoms. The zero-order chi connectivity index (χ0) is 16.7. The van der Waals surface area contributed by atoms with Crippen molar-refractivity contribution in [1.82, 2.24) is 4.98 Å². The summed E-state index contributed by atoms with van der Waals surface area (Å²) >= 11 is 0. The second-order valence-corrected chi connectivity index (χ2v) is 5.41. The highest BCUT2D eigenvalue weighted by atomic mass is 16.5. The smallest absolute Gasteiger partial charge is 0.232 e. The third kappa shape index (κ3) is 2.36. The molecule has 0 fully saturated rings. The van der Waals surface area contributed by atoms with E-state index < -0.39 is 0 Å². The summed E-state index contributed by atoms with van der Waals surface area (Å²) in [5, 5.41) is 10.4. The van der Waals surface area contributed by atoms with Gasteiger partial charge in [0.05, 0.1) is 23.9 Å². The molecular weight excluding hydrogens is 306 g/mol. The highest BCUT2D eigenvalue weighted by Crippen LogP contribution is 2.34. The summed E-state index contributed by atoms with van der Waals surface area (Å²) in [6, 6.07) is 13.8. The number of pyridine rings is 1. The molecule has 0 atom stereocenters. The van der Waals surface area contributed by atoms with Crippen LogP contribution >= 0.6 is 0 Å². The Morgan fingerprint density at radius 2 is 2.00 bits per heavy atom. The van der Waals surface area contributed by atoms with Crippen molar-refractivity contribution >= 4 is 22.8 Å². The molecule has 0 saturated heterocycles. The van der Waals surface area contributed by atoms with Gasteiger partial charge in [0, 0.05) is 17.5 Å². The van der Waals surface area contributed by atoms with E-state index in [4.69, 9.17) is 9.47 Å². The minimum atomic E-state index is -0.221. The minimum absolute atomic E-state index is 0.0561. The molecule has 0 amide bonds. The number of methoxy groups -OCH3 is 1. The van der Waals surface area contributed by atoms with E-state index in [9.17, 15) is 9.90 Å². The third-order valence-corrected chi connectivity index (χ3v) is 3.85. The molecule has 2 aromatic carbocycles. The zero-order valence-electron chi connectivity index (χ0n) is 12.8. The van der Waals surface area contributed by atoms with Gasteiger partial charge in [-0.1, -0.05) is 6.07 Å². The fourth-order valence-electron chi connectivity index (χ4n) is 2.64. The average molecular weight is 319 g/mol. The molecule has 1 aliphatic rings. The topological polar surface area (TPSA) is 68.7 Å². The van der Waals surface area contributed by atoms with Crippen LogP contribution in [0.4, 0.5) is 0 Å². The summed E-state index contributed by atoms with van der Waals surface area (Å²) in [6.07, 6.45) is 1.60. The maximum atomic E-state index is 12.3. The lowest BCUT2D eigenvalue weighted by atomic mass is 10.1. The van der Waals surface area contributed by atoms with E-state index in [1.807, 2.05) is 30.3 Å². The number of hydrogen-bond donors (Lipinski definition) is 1. The predicted octanol–water partition coefficient (Wildman–Crippen LogP) is 3.57. The Kier molecular flexibility index (Phi) is 3.20. The molecule has 0 aliphatic carbocycles. The summed E-state index contributed by atoms with van der Waals surface area (Å²) in [6.45, 7) is 0. The van der Waals surface area contributed by atoms with Gasteiger partial charge in [0.2, 0.25) is 5.78 Å². The Balaban J connectivity index is 1.71. The number of carbonyl (C=O) groups excluding carboxylic acids is 1. The molecule has 3 aromatic rings. The van der Waals surface area contributed by atoms with Crippen molar-refractivity contribution in [3.05, 3.63) is 65.5 Å². The molecule has 118 valence electrons. The van der Waals surface area contributed by atoms with E-state index in [0.29, 0.717) is 17.0 Å². The number of aromatic hydroxyl groups is 1. The minimum Gasteiger partial charge on any atom is -0.508 e. The van der Waals surface area contributed by atoms with E-state index in [1.165, 1.54) is 12.1 Å². The lowest BCUT2D eigenvalue weighted by Crippen LogP contribution is -1.98. The lowest BCUT2D eigenvalue weighted by Gasteiger charge is -2.03. The van der Waals surface area contributed by atoms with Crippen molar-refractivity contribution < 1.29 is 19.4 Å². The van der Waals surface area contributed by atoms with E-state index in [0.717, 1.165) is 16.7 Å². The van der Waals surface area contributed by atoms with Crippen LogP contribution in [0.2, 0.25) is 0 Å². The van der Waals surface area contributed by atoms with Gasteiger partial charge in [0.1, 0.15) is 17.2 Å². The number of allylic oxidation sites excluding steroid dienone is 1. The molecular formula is C19H13NO4. The molecule has 0 radical (unpaired) electrons. The molecule has 1 aromatic heterocycles. The molecule has 1 aliphatic heterocycles. The lowest BCUT2D eigenvalue weighted by molar-refractivity contribution is 0.101. The summed E-state index contributed by atoms with van der Waals surface area (Å²) in [5.74, 6) is 1.15. The fraction of sp³-hybridized carbons (Fsp3) is 0.0526. The van der Waals surface area contributed by atoms with Gasteiger partial charge in [-0.15, -0.1) is 0 Å². The van der Waals surface area contributed by atoms with Gasteiger partial charge in [-0.25, -0.2) is 4.98 Å². The number of Topliss-reactive ketones (excluding diaryl/α,β-unsaturated/α-hetero) is 1. The number of carbonyl (C=O) groups is 1. The molecule has 24 heavy (non-hydrogen) atoms. The fourth-order valence-corrected chi connectivity index (χ4v) is 2.64. The first-order chi connectivity index (χ1) is 11.6. The summed E-state index contributed by atoms with van der Waals surface area (Å²) < 4.78 is 10.7. The number of phenols is 1. The number of hydrogen-bond acceptors (Lipinski definition) is 5. The van der Waals surface area contributed by atoms with Crippen molar-refractivity contribution in [1.29, 1.82) is 0 Å². The molecule has 2 heterocycles. The Morgan fingerprint density at radius 1 is 1.12 bits per heavy atom. The Bertz CT molecular complexity index is 1010. The van der Waals surface area contributed by atoms with Crippen molar-refractivity contribution in [3.8, 4) is 17.2 Å². The van der Waals surface area contributed by atoms with Crippen LogP contribution < -0.4 is 9.47 Å². The van der Waals surface area contributed by atoms with Crippen LogP contribution in [-0.2, 0) is 0 Å². The van der Waals surface area contributed by atoms with Gasteiger partial charge in [-0.05, 0) is 36.4 Å². The van der Waals surface area contributed by atoms with Gasteiger partial charge in [0.25, 0.3) is 0 Å². The van der Waals surface area contributed by atoms with Gasteiger partial charge in [-0.2, -0.15) is 0 Å². The Morgan fingerprint density at radius 3 is 2.83 bits per heavy atom. The molecule has 0 saturated carbocycles. The zero-order valence-corrected chi connectivity index (χ0v) is 12.8. The van der Waals surface area contributed by atoms with Crippen LogP contribution in [0.5, 0.6) is 17.2 Å². The van der Waals surface area contributed by atoms with Crippen LogP contribution in [0, 0.1) is 0 Å². The van der Waals surface area contributed by atoms with Crippen molar-refractivity contribution in [3.63, 3.8) is 0 Å². The van der Waals surface area contributed by atoms with Crippen LogP contribution in [0.3, 0.4) is 0 Å². The maximum Gasteiger partial charge on any atom is 0.232 e. The Hall–Kier alpha value is -3.34. The first-order valence-corrected chi connectivity index (χ1v) is 7.36. The van der Waals surface area contributed by atoms with Crippen molar-refractivity contribution in [2.45, 2.75) is 0 Å². The second-order valence-electron chi connectivity index (χ2n) is 5.41. The average Bonchev–Trinajstić information content (AvgIpc) is 2.89. The second kappa shape index (κ2) is 5.38. The number of rotatable bonds is 2. The van der Waals surface area contributed by atoms with Crippen molar-refractivity contribution in [2.24, 2.45) is 0 Å². The number of benzene rings is 2. The molecule has 1 N–H and O–H groups in total. The van der Waals surface area contributed by atoms with E-state index in [1.54, 1.807) is 19.3 Å². The predicted molar refractivity (Wildman–Crippen MR) is 89.3 cm³/mol. The molecule has 0 bridgehead atoms. The standard InChI is InChI=1S/C19H13NO4/c1-23-14-5-7-16-11(8-14)2-3-12(20-16)9-18-19(22)15-6-4-13(21)10-17(15)24-18/h2-10,21H,1H3. The number of fused-ring (bicyclic) bond motifs is 2. The first kappa shape index (κ1) is 14.3. The summed E-state index contributed by atoms with van der Waals surface area (Å²) in [4.78, 5) is 16.9. The monoisotopic (exact) mass is 319 g/mol. The number of phenolic OH excluding ortho intramolecular Hbond substituents is 1. The van der Waals surface area contributed by atoms with Crippen LogP contribution in [0.1, 0.15) is 16.1 Å². The molecule has 4 rings (SSSR count). The van der Waals surface area contributed by atoms with Gasteiger partial charge in [0.15, 0.2) is 5.76 Å². The van der Waals surface area contributed by atoms with E-state index in [2.05, 4.69) is 4.98 Å². The van der Waals surface area contributed by atoms with Gasteiger partial charge < -0.3 is 14.6 Å².